The third-order valence-corrected chi connectivity index (χ3v) is 22.8. The minimum Gasteiger partial charge on any atom is -0.508 e. The molecule has 0 saturated heterocycles. The van der Waals surface area contributed by atoms with E-state index in [1.165, 1.54) is 14.2 Å². The molecule has 0 spiro atoms. The van der Waals surface area contributed by atoms with Crippen LogP contribution in [0.2, 0.25) is 0 Å². The number of aromatic hydroxyl groups is 2. The molecule has 5 amide bonds. The smallest absolute Gasteiger partial charge is 0.317 e. The molecule has 9 atom stereocenters. The van der Waals surface area contributed by atoms with E-state index in [0.29, 0.717) is 76.1 Å². The number of hydrogen-bond acceptors (Lipinski definition) is 21. The summed E-state index contributed by atoms with van der Waals surface area (Å²) in [7, 11) is 2.57. The van der Waals surface area contributed by atoms with Crippen molar-refractivity contribution in [2.75, 3.05) is 27.4 Å². The molecule has 26 nitrogen and oxygen atoms in total. The van der Waals surface area contributed by atoms with Gasteiger partial charge in [0.05, 0.1) is 72.9 Å². The Hall–Kier alpha value is -12.8. The number of phenols is 2. The molecule has 118 heavy (non-hydrogen) atoms. The number of ether oxygens (including phenoxy) is 6. The minimum absolute atomic E-state index is 0.0239. The highest BCUT2D eigenvalue weighted by Gasteiger charge is 2.67. The lowest BCUT2D eigenvalue weighted by Crippen LogP contribution is -2.40. The fraction of sp³-hybridized carbons (Fsp3) is 0.315. The van der Waals surface area contributed by atoms with Gasteiger partial charge in [-0.25, -0.2) is 21.9 Å². The van der Waals surface area contributed by atoms with Crippen molar-refractivity contribution in [3.8, 4) is 28.7 Å². The molecule has 1 aromatic heterocycles. The second kappa shape index (κ2) is 37.0. The molecule has 1 aliphatic heterocycles. The second-order valence-electron chi connectivity index (χ2n) is 30.8. The van der Waals surface area contributed by atoms with Gasteiger partial charge >= 0.3 is 17.9 Å². The molecule has 0 radical (unpaired) electrons. The van der Waals surface area contributed by atoms with Gasteiger partial charge in [-0.05, 0) is 183 Å². The van der Waals surface area contributed by atoms with Crippen LogP contribution in [0, 0.1) is 46.8 Å². The molecule has 5 aliphatic rings. The van der Waals surface area contributed by atoms with Crippen molar-refractivity contribution >= 4 is 69.1 Å². The van der Waals surface area contributed by atoms with Crippen LogP contribution in [-0.2, 0) is 96.9 Å². The number of nitrogens with one attached hydrogen (secondary N) is 5. The summed E-state index contributed by atoms with van der Waals surface area (Å²) in [5.41, 5.74) is 13.5. The normalized spacial score (nSPS) is 21.2. The van der Waals surface area contributed by atoms with Gasteiger partial charge in [0.2, 0.25) is 29.5 Å². The number of hydroxylamine groups is 4. The topological polar surface area (TPSA) is 386 Å². The first-order valence-electron chi connectivity index (χ1n) is 39.0. The molecular weight excluding hydrogens is 1510 g/mol. The highest BCUT2D eigenvalue weighted by atomic mass is 16.5. The van der Waals surface area contributed by atoms with Crippen molar-refractivity contribution in [2.45, 2.75) is 116 Å². The first kappa shape index (κ1) is 84.6. The van der Waals surface area contributed by atoms with E-state index in [1.807, 2.05) is 166 Å². The van der Waals surface area contributed by atoms with E-state index in [-0.39, 0.29) is 42.4 Å². The molecule has 1 unspecified atom stereocenters. The van der Waals surface area contributed by atoms with E-state index in [9.17, 15) is 48.6 Å². The summed E-state index contributed by atoms with van der Waals surface area (Å²) in [5, 5.41) is 63.1. The van der Waals surface area contributed by atoms with Gasteiger partial charge in [-0.2, -0.15) is 0 Å². The Morgan fingerprint density at radius 3 is 1.72 bits per heavy atom. The maximum atomic E-state index is 12.8. The Labute approximate surface area is 681 Å². The van der Waals surface area contributed by atoms with Gasteiger partial charge in [0.25, 0.3) is 0 Å². The number of carbonyl (C=O) groups excluding carboxylic acids is 8. The van der Waals surface area contributed by atoms with Crippen molar-refractivity contribution in [1.29, 1.82) is 0 Å². The lowest BCUT2D eigenvalue weighted by Gasteiger charge is -2.27. The largest absolute Gasteiger partial charge is 0.508 e. The molecule has 0 bridgehead atoms. The first-order chi connectivity index (χ1) is 56.9. The zero-order valence-corrected chi connectivity index (χ0v) is 66.2. The predicted molar refractivity (Wildman–Crippen MR) is 432 cm³/mol. The molecule has 11 N–H and O–H groups in total. The molecule has 4 saturated carbocycles. The Balaban J connectivity index is 0.000000145. The van der Waals surface area contributed by atoms with Crippen LogP contribution < -0.4 is 41.4 Å². The lowest BCUT2D eigenvalue weighted by atomic mass is 9.84. The van der Waals surface area contributed by atoms with Gasteiger partial charge in [0.1, 0.15) is 47.4 Å². The Morgan fingerprint density at radius 2 is 1.05 bits per heavy atom. The Kier molecular flexibility index (Phi) is 26.6. The Bertz CT molecular complexity index is 5350. The fourth-order valence-corrected chi connectivity index (χ4v) is 16.4. The number of hydrogen-bond donors (Lipinski definition) is 11. The predicted octanol–water partition coefficient (Wildman–Crippen LogP) is 12.2. The van der Waals surface area contributed by atoms with E-state index >= 15 is 0 Å². The van der Waals surface area contributed by atoms with Gasteiger partial charge in [-0.15, -0.1) is 0 Å². The highest BCUT2D eigenvalue weighted by molar-refractivity contribution is 5.99. The number of amides is 5. The third-order valence-electron chi connectivity index (χ3n) is 22.8. The van der Waals surface area contributed by atoms with Crippen molar-refractivity contribution < 1.29 is 97.8 Å². The number of methoxy groups -OCH3 is 2. The summed E-state index contributed by atoms with van der Waals surface area (Å²) in [4.78, 5) is 102. The highest BCUT2D eigenvalue weighted by Crippen LogP contribution is 2.59. The van der Waals surface area contributed by atoms with Crippen LogP contribution in [-0.4, -0.2) is 117 Å². The van der Waals surface area contributed by atoms with E-state index in [2.05, 4.69) is 28.5 Å². The number of carbonyl (C=O) groups is 8. The minimum atomic E-state index is -1.08. The Morgan fingerprint density at radius 1 is 0.492 bits per heavy atom. The number of aryl methyl sites for hydroxylation is 1. The number of esters is 3. The molecule has 9 aromatic carbocycles. The fourth-order valence-electron chi connectivity index (χ4n) is 16.4. The molecule has 2 heterocycles. The summed E-state index contributed by atoms with van der Waals surface area (Å²) >= 11 is 0. The number of benzene rings is 9. The van der Waals surface area contributed by atoms with Crippen molar-refractivity contribution in [3.63, 3.8) is 0 Å². The number of phenolic OH excluding ortho intramolecular Hbond substituents is 2. The lowest BCUT2D eigenvalue weighted by molar-refractivity contribution is -0.152. The van der Waals surface area contributed by atoms with Crippen LogP contribution in [0.4, 0.5) is 0 Å². The zero-order chi connectivity index (χ0) is 84.1. The van der Waals surface area contributed by atoms with E-state index in [0.717, 1.165) is 95.4 Å². The van der Waals surface area contributed by atoms with Crippen LogP contribution in [0.3, 0.4) is 0 Å². The quantitative estimate of drug-likeness (QED) is 0.0104. The molecule has 614 valence electrons. The summed E-state index contributed by atoms with van der Waals surface area (Å²) in [6.45, 7) is 9.04. The molecule has 4 aliphatic carbocycles. The van der Waals surface area contributed by atoms with Crippen LogP contribution >= 0.6 is 0 Å². The number of nitrogens with zero attached hydrogens (tertiary/aromatic N) is 1. The standard InChI is InChI=1S/C26H29N3O4.C24H23NO5.C23H25NO6.C19H19NO5/c1-16(2)27-25(31)26(14-22(26)24(30)29-32)13-18-8-10-20(11-9-18)33-15-19-12-17(3)28-23-7-5-4-6-21(19)23;1-30-23(28)24(14-20(24)22(27)25-29)13-15-9-10-21(26)18(11-15)12-17-7-4-6-16-5-2-3-8-19(16)17;1-2-29-22(27)23(13-18(23)21(26)24-28)12-14-7-8-19(25)17(11-14)15-9-10-30-20-6-4-3-5-16(15)20;1-24-18(22)19(11-16(19)17(21)20-23)14-8-5-9-15(10-14)25-12-13-6-3-2-4-7-13/h4-12,16,22,32H,13-15H2,1-3H3,(H,27,31)(H,29,30);2-11,20,26,29H,12-14H2,1H3,(H,25,27);3-8,11,15,18,25,28H,2,9-10,12-13H2,1H3,(H,24,26);2-10,16,23H,11-12H2,1H3,(H,20,21)/t22-,26+;20-,24+;15?,18-,23+;16-,19-/m1111/s1. The van der Waals surface area contributed by atoms with Crippen LogP contribution in [0.1, 0.15) is 120 Å². The SMILES string of the molecule is CCOC(=O)[C@@]1(Cc2ccc(O)c(C3CCOc4ccccc43)c2)C[C@@H]1C(=O)NO.COC(=O)[C@@]1(Cc2ccc(O)c(Cc3cccc4ccccc34)c2)C[C@@H]1C(=O)NO.COC(=O)[C@@]1(c2cccc(OCc3ccccc3)c2)C[C@@H]1C(=O)NO.Cc1cc(COc2ccc(C[C@]3(C(=O)NC(C)C)C[C@@H]3C(=O)NO)cc2)c2ccccc2n1. The summed E-state index contributed by atoms with van der Waals surface area (Å²) in [6, 6.07) is 66.8. The molecule has 4 fully saturated rings. The molecular formula is C92H96N6O20. The average Bonchev–Trinajstić information content (AvgIpc) is 1.59. The first-order valence-corrected chi connectivity index (χ1v) is 39.0. The van der Waals surface area contributed by atoms with E-state index in [4.69, 9.17) is 49.3 Å². The van der Waals surface area contributed by atoms with Crippen molar-refractivity contribution in [3.05, 3.63) is 274 Å². The van der Waals surface area contributed by atoms with E-state index < -0.39 is 86.9 Å². The summed E-state index contributed by atoms with van der Waals surface area (Å²) in [6.07, 6.45) is 3.58. The van der Waals surface area contributed by atoms with Crippen LogP contribution in [0.15, 0.2) is 212 Å². The number of rotatable bonds is 26. The van der Waals surface area contributed by atoms with Gasteiger partial charge in [-0.3, -0.25) is 64.2 Å². The zero-order valence-electron chi connectivity index (χ0n) is 66.2. The van der Waals surface area contributed by atoms with Gasteiger partial charge in [0.15, 0.2) is 0 Å². The van der Waals surface area contributed by atoms with Crippen molar-refractivity contribution in [1.82, 2.24) is 32.2 Å². The molecule has 15 rings (SSSR count). The van der Waals surface area contributed by atoms with Gasteiger partial charge < -0.3 is 44.0 Å². The van der Waals surface area contributed by atoms with Gasteiger partial charge in [-0.1, -0.05) is 158 Å². The molecule has 26 heteroatoms. The average molecular weight is 1610 g/mol. The van der Waals surface area contributed by atoms with Crippen LogP contribution in [0.25, 0.3) is 21.7 Å². The van der Waals surface area contributed by atoms with Crippen molar-refractivity contribution in [2.24, 2.45) is 39.9 Å². The number of fused-ring (bicyclic) bond motifs is 3. The number of pyridine rings is 1. The monoisotopic (exact) mass is 1600 g/mol. The maximum Gasteiger partial charge on any atom is 0.317 e. The van der Waals surface area contributed by atoms with Gasteiger partial charge in [0, 0.05) is 46.2 Å². The third kappa shape index (κ3) is 18.7. The van der Waals surface area contributed by atoms with E-state index in [1.54, 1.807) is 77.4 Å². The molecule has 10 aromatic rings. The second-order valence-corrected chi connectivity index (χ2v) is 30.8. The number of para-hydroxylation sites is 2. The summed E-state index contributed by atoms with van der Waals surface area (Å²) in [5.74, 6) is -3.86. The van der Waals surface area contributed by atoms with Crippen LogP contribution in [0.5, 0.6) is 28.7 Å². The number of aromatic nitrogens is 1. The maximum absolute atomic E-state index is 12.8. The summed E-state index contributed by atoms with van der Waals surface area (Å²) < 4.78 is 32.6.